The molecule has 0 bridgehead atoms. The summed E-state index contributed by atoms with van der Waals surface area (Å²) in [5.74, 6) is -1.32. The molecule has 3 aromatic rings. The van der Waals surface area contributed by atoms with Crippen molar-refractivity contribution < 1.29 is 62.3 Å². The van der Waals surface area contributed by atoms with Crippen LogP contribution >= 0.6 is 0 Å². The number of halogens is 10. The van der Waals surface area contributed by atoms with Crippen molar-refractivity contribution in [1.82, 2.24) is 4.90 Å². The van der Waals surface area contributed by atoms with E-state index in [1.165, 1.54) is 13.2 Å². The van der Waals surface area contributed by atoms with Crippen LogP contribution in [0.5, 0.6) is 5.75 Å². The molecular formula is C30H25F10NO3. The lowest BCUT2D eigenvalue weighted by Gasteiger charge is -2.25. The number of ether oxygens (including phenoxy) is 2. The minimum atomic E-state index is -5.32. The lowest BCUT2D eigenvalue weighted by Crippen LogP contribution is -2.32. The van der Waals surface area contributed by atoms with Crippen LogP contribution in [-0.2, 0) is 29.8 Å². The average Bonchev–Trinajstić information content (AvgIpc) is 3.27. The van der Waals surface area contributed by atoms with Gasteiger partial charge in [0.2, 0.25) is 0 Å². The van der Waals surface area contributed by atoms with Gasteiger partial charge in [-0.3, -0.25) is 4.90 Å². The third kappa shape index (κ3) is 6.43. The van der Waals surface area contributed by atoms with Crippen molar-refractivity contribution in [2.75, 3.05) is 7.11 Å². The standard InChI is InChI=1S/C30H25F10NO3/c1-14(2)24-22(31)7-8-23(43-4)25(24)21-6-5-18(28(32,33)34)11-17(21)13-41-15(3)26(44-27(41)42)16-9-19(29(35,36)37)12-20(10-16)30(38,39)40/h5-12,14-15,26H,13H2,1-4H3/t15-,26-/m0/s1/i3D3. The van der Waals surface area contributed by atoms with E-state index >= 15 is 4.39 Å². The molecule has 0 saturated carbocycles. The molecule has 1 fully saturated rings. The van der Waals surface area contributed by atoms with Gasteiger partial charge in [-0.2, -0.15) is 39.5 Å². The van der Waals surface area contributed by atoms with Crippen LogP contribution in [0.25, 0.3) is 11.1 Å². The first-order valence-electron chi connectivity index (χ1n) is 14.3. The van der Waals surface area contributed by atoms with Gasteiger partial charge in [-0.1, -0.05) is 19.9 Å². The molecule has 0 unspecified atom stereocenters. The molecule has 238 valence electrons. The second kappa shape index (κ2) is 11.5. The molecule has 4 rings (SSSR count). The fraction of sp³-hybridized carbons (Fsp3) is 0.367. The number of amides is 1. The van der Waals surface area contributed by atoms with Crippen molar-refractivity contribution in [2.45, 2.75) is 63.8 Å². The van der Waals surface area contributed by atoms with Crippen molar-refractivity contribution in [3.8, 4) is 16.9 Å². The number of methoxy groups -OCH3 is 1. The van der Waals surface area contributed by atoms with Gasteiger partial charge in [-0.05, 0) is 71.9 Å². The van der Waals surface area contributed by atoms with Crippen LogP contribution in [0.3, 0.4) is 0 Å². The van der Waals surface area contributed by atoms with Crippen LogP contribution in [-0.4, -0.2) is 24.1 Å². The van der Waals surface area contributed by atoms with Gasteiger partial charge in [0, 0.05) is 15.2 Å². The third-order valence-electron chi connectivity index (χ3n) is 7.02. The summed E-state index contributed by atoms with van der Waals surface area (Å²) < 4.78 is 173. The van der Waals surface area contributed by atoms with Crippen molar-refractivity contribution in [2.24, 2.45) is 0 Å². The Bertz CT molecular complexity index is 1630. The zero-order valence-corrected chi connectivity index (χ0v) is 23.0. The van der Waals surface area contributed by atoms with E-state index in [-0.39, 0.29) is 40.6 Å². The van der Waals surface area contributed by atoms with Crippen LogP contribution < -0.4 is 4.74 Å². The second-order valence-electron chi connectivity index (χ2n) is 10.3. The van der Waals surface area contributed by atoms with Crippen LogP contribution in [0.1, 0.15) is 70.2 Å². The molecule has 1 heterocycles. The van der Waals surface area contributed by atoms with E-state index in [0.29, 0.717) is 17.0 Å². The molecule has 0 aliphatic carbocycles. The Hall–Kier alpha value is -3.97. The third-order valence-corrected chi connectivity index (χ3v) is 7.02. The monoisotopic (exact) mass is 640 g/mol. The Labute approximate surface area is 249 Å². The minimum absolute atomic E-state index is 0.00301. The van der Waals surface area contributed by atoms with Gasteiger partial charge >= 0.3 is 24.6 Å². The van der Waals surface area contributed by atoms with E-state index in [2.05, 4.69) is 0 Å². The molecule has 2 atom stereocenters. The highest BCUT2D eigenvalue weighted by atomic mass is 19.4. The molecule has 3 aromatic carbocycles. The van der Waals surface area contributed by atoms with Gasteiger partial charge < -0.3 is 9.47 Å². The number of benzene rings is 3. The zero-order valence-electron chi connectivity index (χ0n) is 26.0. The molecule has 0 N–H and O–H groups in total. The molecule has 0 aromatic heterocycles. The van der Waals surface area contributed by atoms with E-state index in [4.69, 9.17) is 13.6 Å². The Morgan fingerprint density at radius 2 is 1.48 bits per heavy atom. The maximum absolute atomic E-state index is 15.1. The van der Waals surface area contributed by atoms with Crippen molar-refractivity contribution >= 4 is 6.09 Å². The lowest BCUT2D eigenvalue weighted by atomic mass is 9.88. The van der Waals surface area contributed by atoms with E-state index < -0.39 is 89.7 Å². The van der Waals surface area contributed by atoms with Crippen LogP contribution in [0, 0.1) is 5.82 Å². The number of hydrogen-bond donors (Lipinski definition) is 0. The highest BCUT2D eigenvalue weighted by molar-refractivity contribution is 5.79. The van der Waals surface area contributed by atoms with E-state index in [9.17, 15) is 44.3 Å². The van der Waals surface area contributed by atoms with Gasteiger partial charge in [0.05, 0.1) is 36.4 Å². The first-order chi connectivity index (χ1) is 21.4. The molecule has 14 heteroatoms. The summed E-state index contributed by atoms with van der Waals surface area (Å²) in [6.45, 7) is -1.16. The summed E-state index contributed by atoms with van der Waals surface area (Å²) in [5, 5.41) is 0. The topological polar surface area (TPSA) is 38.8 Å². The van der Waals surface area contributed by atoms with Crippen molar-refractivity contribution in [1.29, 1.82) is 0 Å². The fourth-order valence-electron chi connectivity index (χ4n) is 4.99. The Balaban J connectivity index is 1.94. The Kier molecular flexibility index (Phi) is 7.53. The number of nitrogens with zero attached hydrogens (tertiary/aromatic N) is 1. The zero-order chi connectivity index (χ0) is 35.4. The highest BCUT2D eigenvalue weighted by Gasteiger charge is 2.44. The van der Waals surface area contributed by atoms with Crippen LogP contribution in [0.2, 0.25) is 0 Å². The molecular weight excluding hydrogens is 612 g/mol. The molecule has 1 saturated heterocycles. The highest BCUT2D eigenvalue weighted by Crippen LogP contribution is 2.45. The summed E-state index contributed by atoms with van der Waals surface area (Å²) >= 11 is 0. The number of alkyl halides is 9. The fourth-order valence-corrected chi connectivity index (χ4v) is 4.99. The molecule has 1 aliphatic rings. The first-order valence-corrected chi connectivity index (χ1v) is 12.8. The van der Waals surface area contributed by atoms with Gasteiger partial charge in [-0.25, -0.2) is 9.18 Å². The molecule has 0 radical (unpaired) electrons. The number of carbonyl (C=O) groups is 1. The summed E-state index contributed by atoms with van der Waals surface area (Å²) in [6, 6.07) is 2.43. The van der Waals surface area contributed by atoms with Crippen molar-refractivity contribution in [3.63, 3.8) is 0 Å². The Morgan fingerprint density at radius 3 is 1.98 bits per heavy atom. The van der Waals surface area contributed by atoms with Crippen molar-refractivity contribution in [3.05, 3.63) is 87.7 Å². The van der Waals surface area contributed by atoms with Gasteiger partial charge in [0.15, 0.2) is 0 Å². The number of rotatable bonds is 6. The summed E-state index contributed by atoms with van der Waals surface area (Å²) in [6.07, 6.45) is -19.4. The van der Waals surface area contributed by atoms with Crippen LogP contribution in [0.15, 0.2) is 48.5 Å². The lowest BCUT2D eigenvalue weighted by molar-refractivity contribution is -0.143. The average molecular weight is 641 g/mol. The summed E-state index contributed by atoms with van der Waals surface area (Å²) in [4.78, 5) is 13.6. The SMILES string of the molecule is [2H]C([2H])([2H])[C@H]1[C@@H](c2cc(C(F)(F)F)cc(C(F)(F)F)c2)OC(=O)N1Cc1cc(C(F)(F)F)ccc1-c1c(OC)ccc(F)c1C(C)C. The number of cyclic esters (lactones) is 1. The normalized spacial score (nSPS) is 19.1. The van der Waals surface area contributed by atoms with Gasteiger partial charge in [0.1, 0.15) is 17.7 Å². The molecule has 1 aliphatic heterocycles. The van der Waals surface area contributed by atoms with E-state index in [1.807, 2.05) is 0 Å². The maximum Gasteiger partial charge on any atom is 0.416 e. The molecule has 4 nitrogen and oxygen atoms in total. The second-order valence-corrected chi connectivity index (χ2v) is 10.3. The predicted octanol–water partition coefficient (Wildman–Crippen LogP) is 9.76. The van der Waals surface area contributed by atoms with E-state index in [1.54, 1.807) is 13.8 Å². The predicted molar refractivity (Wildman–Crippen MR) is 138 cm³/mol. The summed E-state index contributed by atoms with van der Waals surface area (Å²) in [7, 11) is 1.21. The smallest absolute Gasteiger partial charge is 0.416 e. The minimum Gasteiger partial charge on any atom is -0.496 e. The number of hydrogen-bond acceptors (Lipinski definition) is 3. The summed E-state index contributed by atoms with van der Waals surface area (Å²) in [5.41, 5.74) is -6.34. The van der Waals surface area contributed by atoms with E-state index in [0.717, 1.165) is 12.1 Å². The first kappa shape index (κ1) is 28.8. The number of carbonyl (C=O) groups excluding carboxylic acids is 1. The molecule has 44 heavy (non-hydrogen) atoms. The largest absolute Gasteiger partial charge is 0.496 e. The molecule has 1 amide bonds. The van der Waals surface area contributed by atoms with Crippen LogP contribution in [0.4, 0.5) is 48.7 Å². The molecule has 0 spiro atoms. The maximum atomic E-state index is 15.1. The van der Waals surface area contributed by atoms with Gasteiger partial charge in [-0.15, -0.1) is 0 Å². The quantitative estimate of drug-likeness (QED) is 0.252. The van der Waals surface area contributed by atoms with Gasteiger partial charge in [0.25, 0.3) is 0 Å². The Morgan fingerprint density at radius 1 is 0.886 bits per heavy atom.